The number of ether oxygens (including phenoxy) is 1. The summed E-state index contributed by atoms with van der Waals surface area (Å²) in [6.45, 7) is 4.22. The molecule has 0 spiro atoms. The van der Waals surface area contributed by atoms with Gasteiger partial charge in [0.15, 0.2) is 5.13 Å². The zero-order chi connectivity index (χ0) is 16.8. The lowest BCUT2D eigenvalue weighted by Gasteiger charge is -2.16. The molecule has 1 amide bonds. The first-order valence-electron chi connectivity index (χ1n) is 7.16. The van der Waals surface area contributed by atoms with Crippen molar-refractivity contribution in [3.8, 4) is 0 Å². The molecule has 0 fully saturated rings. The van der Waals surface area contributed by atoms with Crippen LogP contribution in [0, 0.1) is 0 Å². The normalized spacial score (nSPS) is 11.2. The summed E-state index contributed by atoms with van der Waals surface area (Å²) in [5.41, 5.74) is 1.87. The number of thiazole rings is 1. The van der Waals surface area contributed by atoms with Gasteiger partial charge in [-0.05, 0) is 25.0 Å². The second kappa shape index (κ2) is 7.69. The number of aromatic nitrogens is 1. The van der Waals surface area contributed by atoms with Gasteiger partial charge in [-0.1, -0.05) is 41.7 Å². The van der Waals surface area contributed by atoms with Crippen molar-refractivity contribution in [1.82, 2.24) is 4.98 Å². The van der Waals surface area contributed by atoms with Gasteiger partial charge < -0.3 is 4.74 Å². The summed E-state index contributed by atoms with van der Waals surface area (Å²) in [6, 6.07) is 9.69. The van der Waals surface area contributed by atoms with Crippen LogP contribution in [0.1, 0.15) is 29.1 Å². The molecule has 1 heterocycles. The Hall–Kier alpha value is -2.47. The number of amides is 1. The predicted octanol–water partition coefficient (Wildman–Crippen LogP) is 3.39. The zero-order valence-corrected chi connectivity index (χ0v) is 14.1. The second-order valence-corrected chi connectivity index (χ2v) is 5.78. The minimum atomic E-state index is -0.451. The quantitative estimate of drug-likeness (QED) is 0.623. The molecule has 2 rings (SSSR count). The van der Waals surface area contributed by atoms with E-state index < -0.39 is 5.97 Å². The van der Waals surface area contributed by atoms with Crippen LogP contribution < -0.4 is 4.90 Å². The van der Waals surface area contributed by atoms with Crippen molar-refractivity contribution in [2.45, 2.75) is 13.8 Å². The minimum Gasteiger partial charge on any atom is -0.465 e. The van der Waals surface area contributed by atoms with Gasteiger partial charge in [-0.25, -0.2) is 9.78 Å². The number of allylic oxidation sites excluding steroid dienone is 1. The number of carbonyl (C=O) groups excluding carboxylic acids is 2. The zero-order valence-electron chi connectivity index (χ0n) is 13.3. The summed E-state index contributed by atoms with van der Waals surface area (Å²) in [5.74, 6) is -0.618. The molecule has 5 nitrogen and oxygen atoms in total. The average molecular weight is 330 g/mol. The van der Waals surface area contributed by atoms with E-state index in [4.69, 9.17) is 0 Å². The number of methoxy groups -OCH3 is 1. The lowest BCUT2D eigenvalue weighted by atomic mass is 10.1. The van der Waals surface area contributed by atoms with Gasteiger partial charge in [-0.2, -0.15) is 0 Å². The Bertz CT molecular complexity index is 722. The molecule has 6 heteroatoms. The molecule has 2 aromatic rings. The fourth-order valence-electron chi connectivity index (χ4n) is 2.02. The molecular formula is C17H18N2O3S. The maximum atomic E-state index is 12.5. The van der Waals surface area contributed by atoms with Crippen LogP contribution in [0.25, 0.3) is 5.57 Å². The number of nitrogens with zero attached hydrogens (tertiary/aromatic N) is 2. The molecule has 1 aromatic heterocycles. The lowest BCUT2D eigenvalue weighted by Crippen LogP contribution is -2.28. The molecule has 0 aliphatic rings. The third-order valence-electron chi connectivity index (χ3n) is 3.26. The molecule has 0 saturated carbocycles. The third-order valence-corrected chi connectivity index (χ3v) is 4.26. The Morgan fingerprint density at radius 1 is 1.30 bits per heavy atom. The molecule has 120 valence electrons. The average Bonchev–Trinajstić information content (AvgIpc) is 3.05. The highest BCUT2D eigenvalue weighted by Gasteiger charge is 2.18. The van der Waals surface area contributed by atoms with Crippen LogP contribution in [-0.4, -0.2) is 30.5 Å². The second-order valence-electron chi connectivity index (χ2n) is 4.77. The maximum Gasteiger partial charge on any atom is 0.349 e. The van der Waals surface area contributed by atoms with E-state index in [0.29, 0.717) is 16.6 Å². The number of benzene rings is 1. The van der Waals surface area contributed by atoms with Gasteiger partial charge in [-0.15, -0.1) is 0 Å². The first-order valence-corrected chi connectivity index (χ1v) is 7.97. The van der Waals surface area contributed by atoms with E-state index >= 15 is 0 Å². The summed E-state index contributed by atoms with van der Waals surface area (Å²) in [5, 5.41) is 0.481. The van der Waals surface area contributed by atoms with E-state index in [2.05, 4.69) is 9.72 Å². The van der Waals surface area contributed by atoms with Crippen LogP contribution in [-0.2, 0) is 9.53 Å². The van der Waals surface area contributed by atoms with Gasteiger partial charge in [0.25, 0.3) is 5.91 Å². The first kappa shape index (κ1) is 16.9. The molecule has 0 unspecified atom stereocenters. The molecule has 0 bridgehead atoms. The first-order chi connectivity index (χ1) is 11.1. The Balaban J connectivity index is 2.22. The number of anilines is 1. The largest absolute Gasteiger partial charge is 0.465 e. The van der Waals surface area contributed by atoms with Crippen molar-refractivity contribution in [2.75, 3.05) is 18.6 Å². The molecule has 0 radical (unpaired) electrons. The van der Waals surface area contributed by atoms with Gasteiger partial charge in [0.1, 0.15) is 4.88 Å². The van der Waals surface area contributed by atoms with Crippen LogP contribution in [0.5, 0.6) is 0 Å². The highest BCUT2D eigenvalue weighted by molar-refractivity contribution is 7.17. The van der Waals surface area contributed by atoms with E-state index in [1.54, 1.807) is 6.08 Å². The summed E-state index contributed by atoms with van der Waals surface area (Å²) >= 11 is 1.14. The Morgan fingerprint density at radius 3 is 2.61 bits per heavy atom. The number of carbonyl (C=O) groups is 2. The smallest absolute Gasteiger partial charge is 0.349 e. The highest BCUT2D eigenvalue weighted by atomic mass is 32.1. The number of esters is 1. The van der Waals surface area contributed by atoms with E-state index in [9.17, 15) is 9.59 Å². The summed E-state index contributed by atoms with van der Waals surface area (Å²) in [6.07, 6.45) is 3.01. The fourth-order valence-corrected chi connectivity index (χ4v) is 2.92. The molecular weight excluding hydrogens is 312 g/mol. The Kier molecular flexibility index (Phi) is 5.65. The highest BCUT2D eigenvalue weighted by Crippen LogP contribution is 2.24. The molecule has 0 aliphatic carbocycles. The van der Waals surface area contributed by atoms with Crippen molar-refractivity contribution >= 4 is 33.9 Å². The van der Waals surface area contributed by atoms with E-state index in [-0.39, 0.29) is 5.91 Å². The third kappa shape index (κ3) is 4.04. The van der Waals surface area contributed by atoms with E-state index in [1.807, 2.05) is 44.2 Å². The Morgan fingerprint density at radius 2 is 2.00 bits per heavy atom. The SMILES string of the molecule is CCN(C(=O)C=C(C)c1ccccc1)c1ncc(C(=O)OC)s1. The Labute approximate surface area is 139 Å². The van der Waals surface area contributed by atoms with Crippen molar-refractivity contribution < 1.29 is 14.3 Å². The number of hydrogen-bond acceptors (Lipinski definition) is 5. The molecule has 1 aromatic carbocycles. The molecule has 0 aliphatic heterocycles. The van der Waals surface area contributed by atoms with Gasteiger partial charge in [0.05, 0.1) is 13.3 Å². The van der Waals surface area contributed by atoms with Gasteiger partial charge >= 0.3 is 5.97 Å². The van der Waals surface area contributed by atoms with Crippen LogP contribution in [0.4, 0.5) is 5.13 Å². The van der Waals surface area contributed by atoms with Gasteiger partial charge in [-0.3, -0.25) is 9.69 Å². The van der Waals surface area contributed by atoms with Crippen molar-refractivity contribution in [3.05, 3.63) is 53.0 Å². The van der Waals surface area contributed by atoms with Crippen LogP contribution in [0.2, 0.25) is 0 Å². The van der Waals surface area contributed by atoms with Crippen LogP contribution in [0.3, 0.4) is 0 Å². The van der Waals surface area contributed by atoms with Gasteiger partial charge in [0.2, 0.25) is 0 Å². The topological polar surface area (TPSA) is 59.5 Å². The lowest BCUT2D eigenvalue weighted by molar-refractivity contribution is -0.114. The van der Waals surface area contributed by atoms with Crippen molar-refractivity contribution in [3.63, 3.8) is 0 Å². The predicted molar refractivity (Wildman–Crippen MR) is 91.6 cm³/mol. The van der Waals surface area contributed by atoms with Crippen molar-refractivity contribution in [1.29, 1.82) is 0 Å². The summed E-state index contributed by atoms with van der Waals surface area (Å²) < 4.78 is 4.66. The summed E-state index contributed by atoms with van der Waals surface area (Å²) in [7, 11) is 1.32. The van der Waals surface area contributed by atoms with Crippen LogP contribution >= 0.6 is 11.3 Å². The monoisotopic (exact) mass is 330 g/mol. The maximum absolute atomic E-state index is 12.5. The fraction of sp³-hybridized carbons (Fsp3) is 0.235. The minimum absolute atomic E-state index is 0.167. The molecule has 23 heavy (non-hydrogen) atoms. The standard InChI is InChI=1S/C17H18N2O3S/c1-4-19(17-18-11-14(23-17)16(21)22-3)15(20)10-12(2)13-8-6-5-7-9-13/h5-11H,4H2,1-3H3. The van der Waals surface area contributed by atoms with E-state index in [0.717, 1.165) is 22.5 Å². The molecule has 0 atom stereocenters. The number of hydrogen-bond donors (Lipinski definition) is 0. The van der Waals surface area contributed by atoms with Crippen molar-refractivity contribution in [2.24, 2.45) is 0 Å². The summed E-state index contributed by atoms with van der Waals surface area (Å²) in [4.78, 5) is 30.1. The van der Waals surface area contributed by atoms with Crippen LogP contribution in [0.15, 0.2) is 42.6 Å². The van der Waals surface area contributed by atoms with E-state index in [1.165, 1.54) is 18.2 Å². The molecule has 0 N–H and O–H groups in total. The number of rotatable bonds is 5. The van der Waals surface area contributed by atoms with Gasteiger partial charge in [0, 0.05) is 12.6 Å². The molecule has 0 saturated heterocycles. The number of likely N-dealkylation sites (N-methyl/N-ethyl adjacent to an activating group) is 1.